The number of hydrogen-bond acceptors (Lipinski definition) is 5. The summed E-state index contributed by atoms with van der Waals surface area (Å²) >= 11 is 0. The SMILES string of the molecule is COc1ccc(-c2ccc3c(c2)CCN(CC(=O)N2CCN(C4CCC4)CC2)C3)c(OC)c1. The van der Waals surface area contributed by atoms with Gasteiger partial charge in [-0.25, -0.2) is 0 Å². The van der Waals surface area contributed by atoms with E-state index >= 15 is 0 Å². The smallest absolute Gasteiger partial charge is 0.236 e. The summed E-state index contributed by atoms with van der Waals surface area (Å²) in [4.78, 5) is 19.9. The van der Waals surface area contributed by atoms with Gasteiger partial charge in [0.25, 0.3) is 0 Å². The van der Waals surface area contributed by atoms with E-state index in [0.717, 1.165) is 74.4 Å². The van der Waals surface area contributed by atoms with Gasteiger partial charge >= 0.3 is 0 Å². The molecule has 3 aliphatic rings. The molecule has 1 aliphatic carbocycles. The molecule has 2 heterocycles. The van der Waals surface area contributed by atoms with Crippen molar-refractivity contribution in [2.45, 2.75) is 38.3 Å². The van der Waals surface area contributed by atoms with E-state index in [4.69, 9.17) is 9.47 Å². The van der Waals surface area contributed by atoms with Gasteiger partial charge in [0.1, 0.15) is 11.5 Å². The van der Waals surface area contributed by atoms with Crippen LogP contribution in [0.1, 0.15) is 30.4 Å². The highest BCUT2D eigenvalue weighted by molar-refractivity contribution is 5.78. The molecule has 0 unspecified atom stereocenters. The summed E-state index contributed by atoms with van der Waals surface area (Å²) in [6.45, 7) is 6.12. The Morgan fingerprint density at radius 2 is 1.76 bits per heavy atom. The number of benzene rings is 2. The Hall–Kier alpha value is -2.57. The summed E-state index contributed by atoms with van der Waals surface area (Å²) in [5.41, 5.74) is 4.91. The van der Waals surface area contributed by atoms with E-state index in [1.807, 2.05) is 12.1 Å². The Morgan fingerprint density at radius 1 is 0.939 bits per heavy atom. The van der Waals surface area contributed by atoms with Crippen molar-refractivity contribution in [2.75, 3.05) is 53.5 Å². The molecule has 6 heteroatoms. The molecule has 0 bridgehead atoms. The number of carbonyl (C=O) groups excluding carboxylic acids is 1. The number of carbonyl (C=O) groups is 1. The maximum Gasteiger partial charge on any atom is 0.236 e. The molecule has 0 spiro atoms. The summed E-state index contributed by atoms with van der Waals surface area (Å²) in [5.74, 6) is 1.89. The van der Waals surface area contributed by atoms with Gasteiger partial charge in [0.15, 0.2) is 0 Å². The summed E-state index contributed by atoms with van der Waals surface area (Å²) in [5, 5.41) is 0. The molecule has 1 saturated carbocycles. The number of methoxy groups -OCH3 is 2. The second-order valence-electron chi connectivity index (χ2n) is 9.51. The summed E-state index contributed by atoms with van der Waals surface area (Å²) in [6.07, 6.45) is 5.02. The van der Waals surface area contributed by atoms with Crippen molar-refractivity contribution in [3.63, 3.8) is 0 Å². The fourth-order valence-corrected chi connectivity index (χ4v) is 5.33. The van der Waals surface area contributed by atoms with Crippen molar-refractivity contribution in [1.82, 2.24) is 14.7 Å². The molecule has 0 atom stereocenters. The first kappa shape index (κ1) is 22.2. The van der Waals surface area contributed by atoms with Crippen LogP contribution in [0.2, 0.25) is 0 Å². The predicted octanol–water partition coefficient (Wildman–Crippen LogP) is 3.43. The molecule has 0 radical (unpaired) electrons. The van der Waals surface area contributed by atoms with Crippen molar-refractivity contribution in [1.29, 1.82) is 0 Å². The van der Waals surface area contributed by atoms with Gasteiger partial charge in [-0.1, -0.05) is 24.6 Å². The average Bonchev–Trinajstić information content (AvgIpc) is 2.82. The molecule has 2 aliphatic heterocycles. The van der Waals surface area contributed by atoms with Gasteiger partial charge in [-0.2, -0.15) is 0 Å². The molecule has 2 aromatic rings. The van der Waals surface area contributed by atoms with Crippen molar-refractivity contribution in [3.8, 4) is 22.6 Å². The van der Waals surface area contributed by atoms with Gasteiger partial charge in [-0.05, 0) is 48.1 Å². The van der Waals surface area contributed by atoms with Gasteiger partial charge in [-0.15, -0.1) is 0 Å². The number of rotatable bonds is 6. The van der Waals surface area contributed by atoms with E-state index < -0.39 is 0 Å². The van der Waals surface area contributed by atoms with Gasteiger partial charge in [0, 0.05) is 56.9 Å². The van der Waals surface area contributed by atoms with Crippen LogP contribution in [0.3, 0.4) is 0 Å². The van der Waals surface area contributed by atoms with E-state index in [-0.39, 0.29) is 5.91 Å². The summed E-state index contributed by atoms with van der Waals surface area (Å²) in [6, 6.07) is 13.4. The van der Waals surface area contributed by atoms with E-state index in [0.29, 0.717) is 6.54 Å². The zero-order chi connectivity index (χ0) is 22.8. The fourth-order valence-electron chi connectivity index (χ4n) is 5.33. The minimum absolute atomic E-state index is 0.284. The second kappa shape index (κ2) is 9.74. The predicted molar refractivity (Wildman–Crippen MR) is 130 cm³/mol. The van der Waals surface area contributed by atoms with Gasteiger partial charge in [-0.3, -0.25) is 14.6 Å². The van der Waals surface area contributed by atoms with Crippen LogP contribution in [-0.2, 0) is 17.8 Å². The topological polar surface area (TPSA) is 45.2 Å². The number of fused-ring (bicyclic) bond motifs is 1. The molecular formula is C27H35N3O3. The van der Waals surface area contributed by atoms with Crippen LogP contribution in [0.15, 0.2) is 36.4 Å². The average molecular weight is 450 g/mol. The lowest BCUT2D eigenvalue weighted by Gasteiger charge is -2.43. The third-order valence-electron chi connectivity index (χ3n) is 7.63. The Bertz CT molecular complexity index is 996. The number of amides is 1. The molecule has 2 fully saturated rings. The minimum atomic E-state index is 0.284. The van der Waals surface area contributed by atoms with Crippen LogP contribution in [0, 0.1) is 0 Å². The van der Waals surface area contributed by atoms with Crippen LogP contribution in [-0.4, -0.2) is 80.1 Å². The lowest BCUT2D eigenvalue weighted by atomic mass is 9.91. The van der Waals surface area contributed by atoms with Crippen molar-refractivity contribution in [2.24, 2.45) is 0 Å². The normalized spacial score (nSPS) is 19.6. The monoisotopic (exact) mass is 449 g/mol. The zero-order valence-corrected chi connectivity index (χ0v) is 19.9. The standard InChI is InChI=1S/C27H35N3O3/c1-32-24-8-9-25(26(17-24)33-2)21-6-7-22-18-28(11-10-20(22)16-21)19-27(31)30-14-12-29(13-15-30)23-4-3-5-23/h6-9,16-17,23H,3-5,10-15,18-19H2,1-2H3. The highest BCUT2D eigenvalue weighted by Gasteiger charge is 2.30. The van der Waals surface area contributed by atoms with E-state index in [9.17, 15) is 4.79 Å². The molecule has 5 rings (SSSR count). The molecule has 33 heavy (non-hydrogen) atoms. The molecule has 1 amide bonds. The first-order valence-electron chi connectivity index (χ1n) is 12.2. The first-order chi connectivity index (χ1) is 16.1. The van der Waals surface area contributed by atoms with Crippen molar-refractivity contribution in [3.05, 3.63) is 47.5 Å². The third-order valence-corrected chi connectivity index (χ3v) is 7.63. The Balaban J connectivity index is 1.20. The molecule has 176 valence electrons. The number of ether oxygens (including phenoxy) is 2. The number of piperazine rings is 1. The van der Waals surface area contributed by atoms with Crippen LogP contribution in [0.5, 0.6) is 11.5 Å². The van der Waals surface area contributed by atoms with Gasteiger partial charge < -0.3 is 14.4 Å². The Morgan fingerprint density at radius 3 is 2.45 bits per heavy atom. The fraction of sp³-hybridized carbons (Fsp3) is 0.519. The lowest BCUT2D eigenvalue weighted by Crippen LogP contribution is -2.55. The maximum atomic E-state index is 12.9. The zero-order valence-electron chi connectivity index (χ0n) is 19.9. The first-order valence-corrected chi connectivity index (χ1v) is 12.2. The number of nitrogens with zero attached hydrogens (tertiary/aromatic N) is 3. The Kier molecular flexibility index (Phi) is 6.56. The largest absolute Gasteiger partial charge is 0.497 e. The molecule has 6 nitrogen and oxygen atoms in total. The molecular weight excluding hydrogens is 414 g/mol. The highest BCUT2D eigenvalue weighted by atomic mass is 16.5. The van der Waals surface area contributed by atoms with E-state index in [1.54, 1.807) is 14.2 Å². The van der Waals surface area contributed by atoms with Gasteiger partial charge in [0.2, 0.25) is 5.91 Å². The van der Waals surface area contributed by atoms with Crippen LogP contribution < -0.4 is 9.47 Å². The second-order valence-corrected chi connectivity index (χ2v) is 9.51. The lowest BCUT2D eigenvalue weighted by molar-refractivity contribution is -0.135. The van der Waals surface area contributed by atoms with E-state index in [1.165, 1.54) is 30.4 Å². The summed E-state index contributed by atoms with van der Waals surface area (Å²) in [7, 11) is 3.36. The Labute approximate surface area is 197 Å². The van der Waals surface area contributed by atoms with Crippen LogP contribution in [0.4, 0.5) is 0 Å². The van der Waals surface area contributed by atoms with Crippen LogP contribution in [0.25, 0.3) is 11.1 Å². The van der Waals surface area contributed by atoms with E-state index in [2.05, 4.69) is 39.0 Å². The maximum absolute atomic E-state index is 12.9. The van der Waals surface area contributed by atoms with Crippen molar-refractivity contribution >= 4 is 5.91 Å². The summed E-state index contributed by atoms with van der Waals surface area (Å²) < 4.78 is 10.9. The number of hydrogen-bond donors (Lipinski definition) is 0. The molecule has 1 saturated heterocycles. The van der Waals surface area contributed by atoms with Crippen LogP contribution >= 0.6 is 0 Å². The molecule has 0 aromatic heterocycles. The quantitative estimate of drug-likeness (QED) is 0.676. The molecule has 0 N–H and O–H groups in total. The third kappa shape index (κ3) is 4.73. The highest BCUT2D eigenvalue weighted by Crippen LogP contribution is 2.35. The molecule has 2 aromatic carbocycles. The van der Waals surface area contributed by atoms with Crippen molar-refractivity contribution < 1.29 is 14.3 Å². The minimum Gasteiger partial charge on any atom is -0.497 e. The van der Waals surface area contributed by atoms with Gasteiger partial charge in [0.05, 0.1) is 20.8 Å².